The number of anilines is 1. The highest BCUT2D eigenvalue weighted by molar-refractivity contribution is 7.92. The molecule has 220 valence electrons. The predicted molar refractivity (Wildman–Crippen MR) is 166 cm³/mol. The second-order valence-electron chi connectivity index (χ2n) is 11.0. The lowest BCUT2D eigenvalue weighted by molar-refractivity contribution is -0.141. The maximum absolute atomic E-state index is 14.2. The molecule has 0 heterocycles. The molecule has 0 aliphatic carbocycles. The summed E-state index contributed by atoms with van der Waals surface area (Å²) in [5.41, 5.74) is 2.16. The molecule has 3 aromatic rings. The summed E-state index contributed by atoms with van der Waals surface area (Å²) in [5.74, 6) is -0.871. The van der Waals surface area contributed by atoms with Gasteiger partial charge in [-0.25, -0.2) is 8.42 Å². The Morgan fingerprint density at radius 2 is 1.59 bits per heavy atom. The minimum Gasteiger partial charge on any atom is -0.350 e. The topological polar surface area (TPSA) is 86.8 Å². The van der Waals surface area contributed by atoms with Gasteiger partial charge in [0.25, 0.3) is 10.0 Å². The standard InChI is InChI=1S/C31H37Cl2N3O4S/c1-7-27(30(38)34-31(4,5)6)35(19-23-14-15-25(32)26(33)18-23)29(37)20-36(28-16-13-21(2)17-22(28)3)41(39,40)24-11-9-8-10-12-24/h8-18,27H,7,19-20H2,1-6H3,(H,34,38). The smallest absolute Gasteiger partial charge is 0.264 e. The monoisotopic (exact) mass is 617 g/mol. The number of carbonyl (C=O) groups is 2. The average molecular weight is 619 g/mol. The number of amides is 2. The third-order valence-corrected chi connectivity index (χ3v) is 8.97. The summed E-state index contributed by atoms with van der Waals surface area (Å²) >= 11 is 12.4. The molecule has 41 heavy (non-hydrogen) atoms. The van der Waals surface area contributed by atoms with Gasteiger partial charge in [-0.3, -0.25) is 13.9 Å². The largest absolute Gasteiger partial charge is 0.350 e. The van der Waals surface area contributed by atoms with Crippen LogP contribution in [0.5, 0.6) is 0 Å². The average Bonchev–Trinajstić information content (AvgIpc) is 2.89. The fraction of sp³-hybridized carbons (Fsp3) is 0.355. The van der Waals surface area contributed by atoms with E-state index in [9.17, 15) is 18.0 Å². The first-order chi connectivity index (χ1) is 19.1. The van der Waals surface area contributed by atoms with Crippen LogP contribution in [0.4, 0.5) is 5.69 Å². The van der Waals surface area contributed by atoms with E-state index in [0.717, 1.165) is 9.87 Å². The maximum atomic E-state index is 14.2. The molecule has 0 fully saturated rings. The van der Waals surface area contributed by atoms with Crippen LogP contribution >= 0.6 is 23.2 Å². The Hall–Kier alpha value is -3.07. The van der Waals surface area contributed by atoms with E-state index in [0.29, 0.717) is 33.3 Å². The van der Waals surface area contributed by atoms with Crippen molar-refractivity contribution in [3.05, 3.63) is 93.5 Å². The minimum absolute atomic E-state index is 0.0257. The second-order valence-corrected chi connectivity index (χ2v) is 13.7. The van der Waals surface area contributed by atoms with E-state index in [1.807, 2.05) is 40.7 Å². The van der Waals surface area contributed by atoms with Crippen LogP contribution in [0.15, 0.2) is 71.6 Å². The van der Waals surface area contributed by atoms with Crippen LogP contribution in [0.3, 0.4) is 0 Å². The summed E-state index contributed by atoms with van der Waals surface area (Å²) in [6.07, 6.45) is 0.309. The first-order valence-corrected chi connectivity index (χ1v) is 15.5. The normalized spacial score (nSPS) is 12.5. The SMILES string of the molecule is CCC(C(=O)NC(C)(C)C)N(Cc1ccc(Cl)c(Cl)c1)C(=O)CN(c1ccc(C)cc1C)S(=O)(=O)c1ccccc1. The third kappa shape index (κ3) is 8.24. The Morgan fingerprint density at radius 3 is 2.15 bits per heavy atom. The Balaban J connectivity index is 2.11. The van der Waals surface area contributed by atoms with Crippen molar-refractivity contribution in [2.45, 2.75) is 71.0 Å². The summed E-state index contributed by atoms with van der Waals surface area (Å²) in [4.78, 5) is 29.1. The number of sulfonamides is 1. The van der Waals surface area contributed by atoms with E-state index < -0.39 is 34.1 Å². The fourth-order valence-corrected chi connectivity index (χ4v) is 6.35. The quantitative estimate of drug-likeness (QED) is 0.280. The molecule has 0 aromatic heterocycles. The summed E-state index contributed by atoms with van der Waals surface area (Å²) in [6, 6.07) is 17.5. The van der Waals surface area contributed by atoms with Gasteiger partial charge in [0.15, 0.2) is 0 Å². The van der Waals surface area contributed by atoms with Crippen molar-refractivity contribution in [3.63, 3.8) is 0 Å². The molecule has 0 bridgehead atoms. The molecule has 0 saturated carbocycles. The highest BCUT2D eigenvalue weighted by atomic mass is 35.5. The predicted octanol–water partition coefficient (Wildman–Crippen LogP) is 6.53. The number of nitrogens with one attached hydrogen (secondary N) is 1. The number of aryl methyl sites for hydroxylation is 2. The number of hydrogen-bond donors (Lipinski definition) is 1. The van der Waals surface area contributed by atoms with Gasteiger partial charge in [-0.15, -0.1) is 0 Å². The lowest BCUT2D eigenvalue weighted by Gasteiger charge is -2.35. The Labute approximate surface area is 253 Å². The van der Waals surface area contributed by atoms with Crippen LogP contribution in [0.2, 0.25) is 10.0 Å². The molecule has 1 unspecified atom stereocenters. The van der Waals surface area contributed by atoms with Gasteiger partial charge in [-0.05, 0) is 82.5 Å². The number of rotatable bonds is 10. The van der Waals surface area contributed by atoms with Crippen molar-refractivity contribution < 1.29 is 18.0 Å². The summed E-state index contributed by atoms with van der Waals surface area (Å²) in [6.45, 7) is 10.6. The number of hydrogen-bond acceptors (Lipinski definition) is 4. The van der Waals surface area contributed by atoms with Crippen molar-refractivity contribution in [2.75, 3.05) is 10.8 Å². The molecule has 0 aliphatic rings. The Morgan fingerprint density at radius 1 is 0.927 bits per heavy atom. The van der Waals surface area contributed by atoms with E-state index in [4.69, 9.17) is 23.2 Å². The molecule has 3 rings (SSSR count). The zero-order chi connectivity index (χ0) is 30.5. The fourth-order valence-electron chi connectivity index (χ4n) is 4.53. The minimum atomic E-state index is -4.14. The van der Waals surface area contributed by atoms with Gasteiger partial charge in [-0.2, -0.15) is 0 Å². The van der Waals surface area contributed by atoms with Gasteiger partial charge >= 0.3 is 0 Å². The lowest BCUT2D eigenvalue weighted by Crippen LogP contribution is -2.55. The van der Waals surface area contributed by atoms with Crippen LogP contribution in [0.25, 0.3) is 0 Å². The molecule has 0 saturated heterocycles. The van der Waals surface area contributed by atoms with E-state index >= 15 is 0 Å². The number of carbonyl (C=O) groups excluding carboxylic acids is 2. The van der Waals surface area contributed by atoms with Crippen LogP contribution in [0, 0.1) is 13.8 Å². The Kier molecular flexibility index (Phi) is 10.5. The zero-order valence-electron chi connectivity index (χ0n) is 24.2. The zero-order valence-corrected chi connectivity index (χ0v) is 26.6. The van der Waals surface area contributed by atoms with E-state index in [-0.39, 0.29) is 17.3 Å². The molecular weight excluding hydrogens is 581 g/mol. The number of benzene rings is 3. The molecule has 0 aliphatic heterocycles. The third-order valence-electron chi connectivity index (χ3n) is 6.45. The van der Waals surface area contributed by atoms with Crippen molar-refractivity contribution in [2.24, 2.45) is 0 Å². The van der Waals surface area contributed by atoms with Gasteiger partial charge in [0.05, 0.1) is 20.6 Å². The van der Waals surface area contributed by atoms with Gasteiger partial charge < -0.3 is 10.2 Å². The first kappa shape index (κ1) is 32.4. The van der Waals surface area contributed by atoms with Crippen LogP contribution < -0.4 is 9.62 Å². The number of nitrogens with zero attached hydrogens (tertiary/aromatic N) is 2. The Bertz CT molecular complexity index is 1510. The van der Waals surface area contributed by atoms with Crippen molar-refractivity contribution >= 4 is 50.7 Å². The molecule has 2 amide bonds. The molecule has 3 aromatic carbocycles. The van der Waals surface area contributed by atoms with Gasteiger partial charge in [-0.1, -0.05) is 72.1 Å². The molecule has 1 N–H and O–H groups in total. The van der Waals surface area contributed by atoms with Crippen molar-refractivity contribution in [1.82, 2.24) is 10.2 Å². The molecule has 7 nitrogen and oxygen atoms in total. The van der Waals surface area contributed by atoms with Crippen molar-refractivity contribution in [1.29, 1.82) is 0 Å². The first-order valence-electron chi connectivity index (χ1n) is 13.3. The summed E-state index contributed by atoms with van der Waals surface area (Å²) in [7, 11) is -4.14. The van der Waals surface area contributed by atoms with Crippen LogP contribution in [-0.4, -0.2) is 43.3 Å². The van der Waals surface area contributed by atoms with E-state index in [1.54, 1.807) is 55.5 Å². The van der Waals surface area contributed by atoms with Crippen LogP contribution in [-0.2, 0) is 26.2 Å². The summed E-state index contributed by atoms with van der Waals surface area (Å²) in [5, 5.41) is 3.63. The lowest BCUT2D eigenvalue weighted by atomic mass is 10.1. The van der Waals surface area contributed by atoms with Gasteiger partial charge in [0.2, 0.25) is 11.8 Å². The maximum Gasteiger partial charge on any atom is 0.264 e. The van der Waals surface area contributed by atoms with Crippen molar-refractivity contribution in [3.8, 4) is 0 Å². The highest BCUT2D eigenvalue weighted by Gasteiger charge is 2.35. The van der Waals surface area contributed by atoms with Gasteiger partial charge in [0.1, 0.15) is 12.6 Å². The molecule has 10 heteroatoms. The van der Waals surface area contributed by atoms with Crippen LogP contribution in [0.1, 0.15) is 50.8 Å². The van der Waals surface area contributed by atoms with E-state index in [2.05, 4.69) is 5.32 Å². The molecule has 0 spiro atoms. The second kappa shape index (κ2) is 13.3. The van der Waals surface area contributed by atoms with E-state index in [1.165, 1.54) is 17.0 Å². The molecular formula is C31H37Cl2N3O4S. The molecule has 0 radical (unpaired) electrons. The number of halogens is 2. The highest BCUT2D eigenvalue weighted by Crippen LogP contribution is 2.29. The summed E-state index contributed by atoms with van der Waals surface area (Å²) < 4.78 is 29.1. The molecule has 1 atom stereocenters. The van der Waals surface area contributed by atoms with Gasteiger partial charge in [0, 0.05) is 12.1 Å².